The summed E-state index contributed by atoms with van der Waals surface area (Å²) in [6, 6.07) is 13.4. The van der Waals surface area contributed by atoms with E-state index in [1.807, 2.05) is 42.5 Å². The van der Waals surface area contributed by atoms with E-state index in [9.17, 15) is 4.79 Å². The number of rotatable bonds is 8. The van der Waals surface area contributed by atoms with Gasteiger partial charge >= 0.3 is 0 Å². The van der Waals surface area contributed by atoms with Crippen LogP contribution in [-0.4, -0.2) is 36.2 Å². The van der Waals surface area contributed by atoms with Gasteiger partial charge in [-0.05, 0) is 35.4 Å². The van der Waals surface area contributed by atoms with Crippen LogP contribution in [-0.2, 0) is 22.5 Å². The van der Waals surface area contributed by atoms with E-state index in [1.54, 1.807) is 13.4 Å². The van der Waals surface area contributed by atoms with Crippen LogP contribution >= 0.6 is 0 Å². The number of imidazole rings is 1. The van der Waals surface area contributed by atoms with E-state index in [2.05, 4.69) is 15.3 Å². The minimum Gasteiger partial charge on any atom is -0.491 e. The second kappa shape index (κ2) is 8.30. The van der Waals surface area contributed by atoms with E-state index in [0.29, 0.717) is 26.2 Å². The first kappa shape index (κ1) is 17.0. The van der Waals surface area contributed by atoms with Crippen molar-refractivity contribution in [2.24, 2.45) is 0 Å². The lowest BCUT2D eigenvalue weighted by Gasteiger charge is -2.08. The second-order valence-electron chi connectivity index (χ2n) is 5.69. The molecule has 6 heteroatoms. The van der Waals surface area contributed by atoms with Crippen molar-refractivity contribution in [3.05, 3.63) is 59.9 Å². The molecule has 1 aromatic heterocycles. The fourth-order valence-electron chi connectivity index (χ4n) is 2.49. The number of carbonyl (C=O) groups excluding carboxylic acids is 1. The van der Waals surface area contributed by atoms with E-state index in [1.165, 1.54) is 0 Å². The summed E-state index contributed by atoms with van der Waals surface area (Å²) in [5.74, 6) is 0.756. The Morgan fingerprint density at radius 2 is 1.92 bits per heavy atom. The minimum atomic E-state index is -0.0160. The summed E-state index contributed by atoms with van der Waals surface area (Å²) in [4.78, 5) is 19.4. The Bertz CT molecular complexity index is 827. The van der Waals surface area contributed by atoms with Gasteiger partial charge in [0.05, 0.1) is 30.4 Å². The maximum atomic E-state index is 12.1. The number of H-pyrrole nitrogens is 1. The number of amides is 1. The smallest absolute Gasteiger partial charge is 0.224 e. The molecule has 0 saturated carbocycles. The zero-order valence-corrected chi connectivity index (χ0v) is 14.1. The van der Waals surface area contributed by atoms with Gasteiger partial charge in [-0.2, -0.15) is 0 Å². The highest BCUT2D eigenvalue weighted by Gasteiger charge is 2.05. The number of aromatic amines is 1. The molecule has 130 valence electrons. The second-order valence-corrected chi connectivity index (χ2v) is 5.69. The number of methoxy groups -OCH3 is 1. The van der Waals surface area contributed by atoms with Gasteiger partial charge in [0, 0.05) is 13.7 Å². The van der Waals surface area contributed by atoms with Crippen LogP contribution in [0.1, 0.15) is 11.1 Å². The first-order chi connectivity index (χ1) is 12.2. The van der Waals surface area contributed by atoms with Gasteiger partial charge in [-0.25, -0.2) is 4.98 Å². The molecule has 1 heterocycles. The molecule has 3 rings (SSSR count). The molecule has 2 aromatic carbocycles. The predicted octanol–water partition coefficient (Wildman–Crippen LogP) is 2.45. The summed E-state index contributed by atoms with van der Waals surface area (Å²) in [6.45, 7) is 1.55. The van der Waals surface area contributed by atoms with Crippen molar-refractivity contribution in [1.29, 1.82) is 0 Å². The van der Waals surface area contributed by atoms with Gasteiger partial charge in [-0.3, -0.25) is 4.79 Å². The number of nitrogens with one attached hydrogen (secondary N) is 2. The molecule has 3 aromatic rings. The third-order valence-electron chi connectivity index (χ3n) is 3.82. The monoisotopic (exact) mass is 339 g/mol. The van der Waals surface area contributed by atoms with Crippen molar-refractivity contribution in [2.75, 3.05) is 20.3 Å². The predicted molar refractivity (Wildman–Crippen MR) is 95.5 cm³/mol. The van der Waals surface area contributed by atoms with Gasteiger partial charge in [0.25, 0.3) is 0 Å². The molecular formula is C19H21N3O3. The third kappa shape index (κ3) is 4.81. The Kier molecular flexibility index (Phi) is 5.64. The molecule has 0 atom stereocenters. The van der Waals surface area contributed by atoms with Gasteiger partial charge in [-0.1, -0.05) is 18.2 Å². The highest BCUT2D eigenvalue weighted by molar-refractivity contribution is 5.79. The molecule has 6 nitrogen and oxygen atoms in total. The Labute approximate surface area is 146 Å². The number of benzene rings is 2. The van der Waals surface area contributed by atoms with Crippen LogP contribution in [0.3, 0.4) is 0 Å². The summed E-state index contributed by atoms with van der Waals surface area (Å²) >= 11 is 0. The fraction of sp³-hybridized carbons (Fsp3) is 0.263. The SMILES string of the molecule is COCCOc1ccc(CC(=O)NCc2ccc3nc[nH]c3c2)cc1. The van der Waals surface area contributed by atoms with Crippen LogP contribution in [0.4, 0.5) is 0 Å². The molecule has 0 aliphatic rings. The average Bonchev–Trinajstić information content (AvgIpc) is 3.09. The molecule has 0 bridgehead atoms. The summed E-state index contributed by atoms with van der Waals surface area (Å²) < 4.78 is 10.4. The average molecular weight is 339 g/mol. The van der Waals surface area contributed by atoms with Crippen LogP contribution in [0.5, 0.6) is 5.75 Å². The molecule has 0 spiro atoms. The summed E-state index contributed by atoms with van der Waals surface area (Å²) in [5, 5.41) is 2.94. The molecule has 0 fully saturated rings. The minimum absolute atomic E-state index is 0.0160. The Morgan fingerprint density at radius 1 is 1.12 bits per heavy atom. The number of hydrogen-bond donors (Lipinski definition) is 2. The highest BCUT2D eigenvalue weighted by Crippen LogP contribution is 2.13. The molecule has 0 aliphatic heterocycles. The first-order valence-electron chi connectivity index (χ1n) is 8.14. The molecule has 25 heavy (non-hydrogen) atoms. The van der Waals surface area contributed by atoms with Crippen LogP contribution in [0, 0.1) is 0 Å². The van der Waals surface area contributed by atoms with E-state index < -0.39 is 0 Å². The van der Waals surface area contributed by atoms with E-state index in [0.717, 1.165) is 27.9 Å². The number of fused-ring (bicyclic) bond motifs is 1. The fourth-order valence-corrected chi connectivity index (χ4v) is 2.49. The molecule has 0 saturated heterocycles. The number of aromatic nitrogens is 2. The molecule has 0 aliphatic carbocycles. The van der Waals surface area contributed by atoms with E-state index >= 15 is 0 Å². The van der Waals surface area contributed by atoms with Crippen molar-refractivity contribution in [3.63, 3.8) is 0 Å². The topological polar surface area (TPSA) is 76.2 Å². The van der Waals surface area contributed by atoms with Crippen LogP contribution in [0.2, 0.25) is 0 Å². The van der Waals surface area contributed by atoms with Gasteiger partial charge in [0.1, 0.15) is 12.4 Å². The number of ether oxygens (including phenoxy) is 2. The lowest BCUT2D eigenvalue weighted by Crippen LogP contribution is -2.24. The summed E-state index contributed by atoms with van der Waals surface area (Å²) in [5.41, 5.74) is 3.87. The molecular weight excluding hydrogens is 318 g/mol. The lowest BCUT2D eigenvalue weighted by atomic mass is 10.1. The Morgan fingerprint density at radius 3 is 2.72 bits per heavy atom. The zero-order valence-electron chi connectivity index (χ0n) is 14.1. The maximum absolute atomic E-state index is 12.1. The molecule has 1 amide bonds. The molecule has 2 N–H and O–H groups in total. The van der Waals surface area contributed by atoms with Gasteiger partial charge in [-0.15, -0.1) is 0 Å². The standard InChI is InChI=1S/C19H21N3O3/c1-24-8-9-25-16-5-2-14(3-6-16)11-19(23)20-12-15-4-7-17-18(10-15)22-13-21-17/h2-7,10,13H,8-9,11-12H2,1H3,(H,20,23)(H,21,22). The maximum Gasteiger partial charge on any atom is 0.224 e. The summed E-state index contributed by atoms with van der Waals surface area (Å²) in [6.07, 6.45) is 2.00. The van der Waals surface area contributed by atoms with Crippen LogP contribution < -0.4 is 10.1 Å². The zero-order chi connectivity index (χ0) is 17.5. The van der Waals surface area contributed by atoms with Crippen molar-refractivity contribution in [1.82, 2.24) is 15.3 Å². The lowest BCUT2D eigenvalue weighted by molar-refractivity contribution is -0.120. The molecule has 0 unspecified atom stereocenters. The molecule has 0 radical (unpaired) electrons. The highest BCUT2D eigenvalue weighted by atomic mass is 16.5. The van der Waals surface area contributed by atoms with Gasteiger partial charge < -0.3 is 19.8 Å². The van der Waals surface area contributed by atoms with Crippen LogP contribution in [0.15, 0.2) is 48.8 Å². The quantitative estimate of drug-likeness (QED) is 0.618. The van der Waals surface area contributed by atoms with Crippen LogP contribution in [0.25, 0.3) is 11.0 Å². The Balaban J connectivity index is 1.48. The van der Waals surface area contributed by atoms with Crippen molar-refractivity contribution in [2.45, 2.75) is 13.0 Å². The largest absolute Gasteiger partial charge is 0.491 e. The first-order valence-corrected chi connectivity index (χ1v) is 8.14. The van der Waals surface area contributed by atoms with E-state index in [-0.39, 0.29) is 5.91 Å². The van der Waals surface area contributed by atoms with Crippen molar-refractivity contribution >= 4 is 16.9 Å². The number of hydrogen-bond acceptors (Lipinski definition) is 4. The van der Waals surface area contributed by atoms with Crippen molar-refractivity contribution in [3.8, 4) is 5.75 Å². The van der Waals surface area contributed by atoms with Gasteiger partial charge in [0.2, 0.25) is 5.91 Å². The normalized spacial score (nSPS) is 10.8. The van der Waals surface area contributed by atoms with E-state index in [4.69, 9.17) is 9.47 Å². The van der Waals surface area contributed by atoms with Gasteiger partial charge in [0.15, 0.2) is 0 Å². The number of nitrogens with zero attached hydrogens (tertiary/aromatic N) is 1. The Hall–Kier alpha value is -2.86. The third-order valence-corrected chi connectivity index (χ3v) is 3.82. The summed E-state index contributed by atoms with van der Waals surface area (Å²) in [7, 11) is 1.64. The number of carbonyl (C=O) groups is 1. The van der Waals surface area contributed by atoms with Crippen molar-refractivity contribution < 1.29 is 14.3 Å².